The van der Waals surface area contributed by atoms with Crippen LogP contribution in [0.3, 0.4) is 0 Å². The van der Waals surface area contributed by atoms with Crippen molar-refractivity contribution in [2.24, 2.45) is 0 Å². The number of nitriles is 1. The van der Waals surface area contributed by atoms with Crippen molar-refractivity contribution >= 4 is 0 Å². The van der Waals surface area contributed by atoms with Crippen molar-refractivity contribution in [3.8, 4) is 6.19 Å². The molecule has 0 aliphatic heterocycles. The molecule has 0 spiro atoms. The highest BCUT2D eigenvalue weighted by molar-refractivity contribution is 5.21. The highest BCUT2D eigenvalue weighted by atomic mass is 15.1. The number of nitrogens with zero attached hydrogens (tertiary/aromatic N) is 1. The summed E-state index contributed by atoms with van der Waals surface area (Å²) in [6.45, 7) is 9.88. The maximum atomic E-state index is 8.40. The Balaban J connectivity index is 4.53. The summed E-state index contributed by atoms with van der Waals surface area (Å²) in [7, 11) is 1.89. The fourth-order valence-corrected chi connectivity index (χ4v) is 1.23. The van der Waals surface area contributed by atoms with Crippen LogP contribution in [0.5, 0.6) is 0 Å². The van der Waals surface area contributed by atoms with Crippen molar-refractivity contribution in [3.05, 3.63) is 23.9 Å². The van der Waals surface area contributed by atoms with E-state index in [4.69, 9.17) is 5.26 Å². The van der Waals surface area contributed by atoms with Crippen LogP contribution in [-0.4, -0.2) is 19.3 Å². The molecule has 0 aromatic heterocycles. The molecule has 0 saturated carbocycles. The topological polar surface area (TPSA) is 59.9 Å². The molecule has 2 atom stereocenters. The van der Waals surface area contributed by atoms with E-state index in [1.807, 2.05) is 34.0 Å². The minimum Gasteiger partial charge on any atom is -0.305 e. The van der Waals surface area contributed by atoms with Gasteiger partial charge in [0.1, 0.15) is 0 Å². The summed E-state index contributed by atoms with van der Waals surface area (Å²) in [5.41, 5.74) is 2.05. The fourth-order valence-electron chi connectivity index (χ4n) is 1.23. The molecule has 0 aliphatic carbocycles. The number of hydrogen-bond donors (Lipinski definition) is 3. The zero-order chi connectivity index (χ0) is 11.8. The van der Waals surface area contributed by atoms with Gasteiger partial charge in [-0.25, -0.2) is 0 Å². The number of rotatable bonds is 6. The highest BCUT2D eigenvalue weighted by Crippen LogP contribution is 2.09. The SMILES string of the molecule is C=C(C)C(NC(C)NC)/C(C)=C/NC#N. The van der Waals surface area contributed by atoms with Crippen LogP contribution < -0.4 is 16.0 Å². The van der Waals surface area contributed by atoms with Crippen molar-refractivity contribution < 1.29 is 0 Å². The molecule has 3 N–H and O–H groups in total. The Labute approximate surface area is 92.1 Å². The molecule has 84 valence electrons. The Morgan fingerprint density at radius 2 is 2.07 bits per heavy atom. The molecule has 4 heteroatoms. The highest BCUT2D eigenvalue weighted by Gasteiger charge is 2.13. The van der Waals surface area contributed by atoms with Gasteiger partial charge >= 0.3 is 0 Å². The normalized spacial score (nSPS) is 15.3. The van der Waals surface area contributed by atoms with Crippen molar-refractivity contribution in [2.45, 2.75) is 33.0 Å². The zero-order valence-corrected chi connectivity index (χ0v) is 9.89. The molecule has 0 heterocycles. The Hall–Kier alpha value is -1.31. The lowest BCUT2D eigenvalue weighted by Crippen LogP contribution is -2.45. The van der Waals surface area contributed by atoms with E-state index >= 15 is 0 Å². The van der Waals surface area contributed by atoms with Gasteiger partial charge in [0.25, 0.3) is 0 Å². The van der Waals surface area contributed by atoms with Crippen LogP contribution in [0, 0.1) is 11.5 Å². The summed E-state index contributed by atoms with van der Waals surface area (Å²) < 4.78 is 0. The van der Waals surface area contributed by atoms with Crippen LogP contribution in [0.25, 0.3) is 0 Å². The van der Waals surface area contributed by atoms with Gasteiger partial charge in [-0.15, -0.1) is 0 Å². The Morgan fingerprint density at radius 3 is 2.47 bits per heavy atom. The van der Waals surface area contributed by atoms with Crippen LogP contribution >= 0.6 is 0 Å². The van der Waals surface area contributed by atoms with Crippen molar-refractivity contribution in [1.82, 2.24) is 16.0 Å². The Bertz CT molecular complexity index is 275. The van der Waals surface area contributed by atoms with Crippen LogP contribution in [0.4, 0.5) is 0 Å². The van der Waals surface area contributed by atoms with Crippen molar-refractivity contribution in [3.63, 3.8) is 0 Å². The van der Waals surface area contributed by atoms with Gasteiger partial charge in [0.15, 0.2) is 6.19 Å². The first kappa shape index (κ1) is 13.7. The van der Waals surface area contributed by atoms with Crippen molar-refractivity contribution in [1.29, 1.82) is 5.26 Å². The smallest absolute Gasteiger partial charge is 0.180 e. The zero-order valence-electron chi connectivity index (χ0n) is 9.89. The third-order valence-corrected chi connectivity index (χ3v) is 2.16. The summed E-state index contributed by atoms with van der Waals surface area (Å²) in [6, 6.07) is 0.0771. The average molecular weight is 208 g/mol. The van der Waals surface area contributed by atoms with E-state index in [1.54, 1.807) is 6.20 Å². The largest absolute Gasteiger partial charge is 0.305 e. The average Bonchev–Trinajstić information content (AvgIpc) is 2.21. The second-order valence-electron chi connectivity index (χ2n) is 3.60. The third kappa shape index (κ3) is 5.21. The molecule has 0 fully saturated rings. The van der Waals surface area contributed by atoms with Crippen LogP contribution in [0.2, 0.25) is 0 Å². The number of nitrogens with one attached hydrogen (secondary N) is 3. The van der Waals surface area contributed by atoms with Gasteiger partial charge in [-0.3, -0.25) is 10.6 Å². The fraction of sp³-hybridized carbons (Fsp3) is 0.545. The summed E-state index contributed by atoms with van der Waals surface area (Å²) in [5, 5.41) is 17.4. The number of hydrogen-bond acceptors (Lipinski definition) is 4. The third-order valence-electron chi connectivity index (χ3n) is 2.16. The van der Waals surface area contributed by atoms with Gasteiger partial charge in [0.2, 0.25) is 0 Å². The van der Waals surface area contributed by atoms with E-state index in [2.05, 4.69) is 22.5 Å². The lowest BCUT2D eigenvalue weighted by Gasteiger charge is -2.24. The molecule has 15 heavy (non-hydrogen) atoms. The monoisotopic (exact) mass is 208 g/mol. The molecule has 0 rings (SSSR count). The van der Waals surface area contributed by atoms with Crippen LogP contribution in [-0.2, 0) is 0 Å². The predicted molar refractivity (Wildman–Crippen MR) is 62.8 cm³/mol. The summed E-state index contributed by atoms with van der Waals surface area (Å²) >= 11 is 0. The van der Waals surface area contributed by atoms with Gasteiger partial charge in [-0.2, -0.15) is 5.26 Å². The van der Waals surface area contributed by atoms with E-state index < -0.39 is 0 Å². The molecule has 0 radical (unpaired) electrons. The quantitative estimate of drug-likeness (QED) is 0.264. The van der Waals surface area contributed by atoms with Gasteiger partial charge < -0.3 is 5.32 Å². The second-order valence-corrected chi connectivity index (χ2v) is 3.60. The molecule has 0 saturated heterocycles. The van der Waals surface area contributed by atoms with Crippen LogP contribution in [0.15, 0.2) is 23.9 Å². The van der Waals surface area contributed by atoms with Crippen LogP contribution in [0.1, 0.15) is 20.8 Å². The lowest BCUT2D eigenvalue weighted by atomic mass is 10.0. The minimum absolute atomic E-state index is 0.0771. The molecule has 0 aliphatic rings. The first-order chi connectivity index (χ1) is 7.02. The summed E-state index contributed by atoms with van der Waals surface area (Å²) in [4.78, 5) is 0. The van der Waals surface area contributed by atoms with Gasteiger partial charge in [0, 0.05) is 6.20 Å². The van der Waals surface area contributed by atoms with E-state index in [-0.39, 0.29) is 12.2 Å². The van der Waals surface area contributed by atoms with E-state index in [0.29, 0.717) is 0 Å². The maximum Gasteiger partial charge on any atom is 0.180 e. The molecule has 0 aromatic carbocycles. The first-order valence-corrected chi connectivity index (χ1v) is 4.93. The molecule has 4 nitrogen and oxygen atoms in total. The molecule has 2 unspecified atom stereocenters. The summed E-state index contributed by atoms with van der Waals surface area (Å²) in [5.74, 6) is 0. The predicted octanol–water partition coefficient (Wildman–Crippen LogP) is 1.06. The van der Waals surface area contributed by atoms with E-state index in [1.165, 1.54) is 0 Å². The minimum atomic E-state index is 0.0771. The van der Waals surface area contributed by atoms with E-state index in [9.17, 15) is 0 Å². The summed E-state index contributed by atoms with van der Waals surface area (Å²) in [6.07, 6.45) is 3.74. The first-order valence-electron chi connectivity index (χ1n) is 4.93. The van der Waals surface area contributed by atoms with E-state index in [0.717, 1.165) is 11.1 Å². The molecular weight excluding hydrogens is 188 g/mol. The molecular formula is C11H20N4. The Morgan fingerprint density at radius 1 is 1.47 bits per heavy atom. The maximum absolute atomic E-state index is 8.40. The lowest BCUT2D eigenvalue weighted by molar-refractivity contribution is 0.464. The molecule has 0 amide bonds. The Kier molecular flexibility index (Phi) is 6.43. The van der Waals surface area contributed by atoms with Gasteiger partial charge in [0.05, 0.1) is 12.2 Å². The van der Waals surface area contributed by atoms with Gasteiger partial charge in [-0.05, 0) is 33.4 Å². The van der Waals surface area contributed by atoms with Gasteiger partial charge in [-0.1, -0.05) is 12.2 Å². The second kappa shape index (κ2) is 7.04. The van der Waals surface area contributed by atoms with Crippen molar-refractivity contribution in [2.75, 3.05) is 7.05 Å². The standard InChI is InChI=1S/C11H20N4/c1-8(2)11(15-10(4)13-5)9(3)6-14-7-12/h6,10-11,13-15H,1H2,2-5H3/b9-6+. The molecule has 0 bridgehead atoms. The molecule has 0 aromatic rings.